The number of hydrogen-bond donors (Lipinski definition) is 1. The molecule has 2 aromatic heterocycles. The van der Waals surface area contributed by atoms with Gasteiger partial charge in [0.05, 0.1) is 19.3 Å². The molecular weight excluding hydrogens is 382 g/mol. The third-order valence-corrected chi connectivity index (χ3v) is 4.53. The Hall–Kier alpha value is -3.42. The molecule has 2 heterocycles. The van der Waals surface area contributed by atoms with Crippen molar-refractivity contribution >= 4 is 5.91 Å². The predicted octanol–water partition coefficient (Wildman–Crippen LogP) is 3.59. The topological polar surface area (TPSA) is 91.2 Å². The minimum absolute atomic E-state index is 0.152. The maximum Gasteiger partial charge on any atom is 0.272 e. The molecule has 1 N–H and O–H groups in total. The van der Waals surface area contributed by atoms with Crippen molar-refractivity contribution in [3.63, 3.8) is 0 Å². The van der Waals surface area contributed by atoms with Crippen LogP contribution >= 0.6 is 0 Å². The molecule has 0 saturated heterocycles. The molecule has 1 atom stereocenters. The van der Waals surface area contributed by atoms with E-state index in [1.54, 1.807) is 35.4 Å². The molecule has 1 aromatic carbocycles. The van der Waals surface area contributed by atoms with Gasteiger partial charge in [-0.05, 0) is 49.6 Å². The molecule has 0 bridgehead atoms. The van der Waals surface area contributed by atoms with Crippen LogP contribution in [-0.2, 0) is 0 Å². The molecule has 0 radical (unpaired) electrons. The highest BCUT2D eigenvalue weighted by atomic mass is 16.5. The summed E-state index contributed by atoms with van der Waals surface area (Å²) in [5.74, 6) is 1.82. The van der Waals surface area contributed by atoms with Crippen molar-refractivity contribution in [2.24, 2.45) is 5.92 Å². The van der Waals surface area contributed by atoms with Crippen LogP contribution < -0.4 is 14.8 Å². The lowest BCUT2D eigenvalue weighted by Gasteiger charge is -2.24. The van der Waals surface area contributed by atoms with E-state index in [1.165, 1.54) is 0 Å². The largest absolute Gasteiger partial charge is 0.490 e. The molecule has 0 aliphatic rings. The van der Waals surface area contributed by atoms with Crippen LogP contribution in [-0.4, -0.2) is 38.9 Å². The molecule has 30 heavy (non-hydrogen) atoms. The molecular formula is C22H27N5O3. The summed E-state index contributed by atoms with van der Waals surface area (Å²) in [6.07, 6.45) is 5.05. The van der Waals surface area contributed by atoms with Crippen LogP contribution in [0.1, 0.15) is 49.8 Å². The van der Waals surface area contributed by atoms with Gasteiger partial charge in [0.15, 0.2) is 23.0 Å². The number of carbonyl (C=O) groups is 1. The zero-order valence-electron chi connectivity index (χ0n) is 17.7. The molecule has 0 aliphatic heterocycles. The van der Waals surface area contributed by atoms with E-state index in [9.17, 15) is 4.79 Å². The molecule has 158 valence electrons. The van der Waals surface area contributed by atoms with E-state index in [0.29, 0.717) is 30.5 Å². The van der Waals surface area contributed by atoms with Crippen molar-refractivity contribution in [3.05, 3.63) is 60.3 Å². The molecule has 1 amide bonds. The molecule has 0 saturated carbocycles. The summed E-state index contributed by atoms with van der Waals surface area (Å²) in [6.45, 7) is 9.04. The summed E-state index contributed by atoms with van der Waals surface area (Å²) in [7, 11) is 0. The van der Waals surface area contributed by atoms with Crippen LogP contribution in [0.3, 0.4) is 0 Å². The van der Waals surface area contributed by atoms with Crippen molar-refractivity contribution in [2.75, 3.05) is 13.2 Å². The standard InChI is InChI=1S/C22H27N5O3/c1-5-29-18-9-7-16(13-19(18)30-6-2)21(15(3)4)24-22(28)17-8-10-20(26-25-17)27-12-11-23-14-27/h7-15,21H,5-6H2,1-4H3,(H,24,28)/t21-/m1/s1. The van der Waals surface area contributed by atoms with Gasteiger partial charge in [0, 0.05) is 12.4 Å². The minimum atomic E-state index is -0.287. The number of nitrogens with zero attached hydrogens (tertiary/aromatic N) is 4. The Bertz CT molecular complexity index is 955. The van der Waals surface area contributed by atoms with Crippen molar-refractivity contribution in [1.29, 1.82) is 0 Å². The minimum Gasteiger partial charge on any atom is -0.490 e. The number of imidazole rings is 1. The van der Waals surface area contributed by atoms with E-state index in [-0.39, 0.29) is 23.6 Å². The van der Waals surface area contributed by atoms with E-state index in [0.717, 1.165) is 5.56 Å². The number of benzene rings is 1. The van der Waals surface area contributed by atoms with E-state index in [2.05, 4.69) is 34.3 Å². The molecule has 0 unspecified atom stereocenters. The van der Waals surface area contributed by atoms with Crippen LogP contribution in [0.4, 0.5) is 0 Å². The molecule has 0 fully saturated rings. The molecule has 8 heteroatoms. The third-order valence-electron chi connectivity index (χ3n) is 4.53. The lowest BCUT2D eigenvalue weighted by atomic mass is 9.95. The predicted molar refractivity (Wildman–Crippen MR) is 113 cm³/mol. The Kier molecular flexibility index (Phi) is 7.00. The summed E-state index contributed by atoms with van der Waals surface area (Å²) >= 11 is 0. The van der Waals surface area contributed by atoms with Crippen molar-refractivity contribution in [3.8, 4) is 17.3 Å². The van der Waals surface area contributed by atoms with Gasteiger partial charge in [0.1, 0.15) is 6.33 Å². The van der Waals surface area contributed by atoms with Crippen LogP contribution in [0.25, 0.3) is 5.82 Å². The number of aromatic nitrogens is 4. The monoisotopic (exact) mass is 409 g/mol. The maximum absolute atomic E-state index is 12.8. The van der Waals surface area contributed by atoms with E-state index in [1.807, 2.05) is 32.0 Å². The molecule has 3 rings (SSSR count). The zero-order chi connectivity index (χ0) is 21.5. The Balaban J connectivity index is 1.80. The van der Waals surface area contributed by atoms with Gasteiger partial charge in [0.25, 0.3) is 5.91 Å². The Morgan fingerprint density at radius 1 is 1.07 bits per heavy atom. The highest BCUT2D eigenvalue weighted by Crippen LogP contribution is 2.33. The SMILES string of the molecule is CCOc1ccc([C@H](NC(=O)c2ccc(-n3ccnc3)nn2)C(C)C)cc1OCC. The van der Waals surface area contributed by atoms with Crippen molar-refractivity contribution in [2.45, 2.75) is 33.7 Å². The summed E-state index contributed by atoms with van der Waals surface area (Å²) < 4.78 is 13.1. The van der Waals surface area contributed by atoms with E-state index >= 15 is 0 Å². The second kappa shape index (κ2) is 9.87. The van der Waals surface area contributed by atoms with Crippen molar-refractivity contribution in [1.82, 2.24) is 25.1 Å². The highest BCUT2D eigenvalue weighted by Gasteiger charge is 2.22. The number of rotatable bonds is 9. The fourth-order valence-corrected chi connectivity index (χ4v) is 3.09. The molecule has 0 aliphatic carbocycles. The number of nitrogens with one attached hydrogen (secondary N) is 1. The zero-order valence-corrected chi connectivity index (χ0v) is 17.7. The summed E-state index contributed by atoms with van der Waals surface area (Å²) in [5.41, 5.74) is 1.19. The molecule has 0 spiro atoms. The summed E-state index contributed by atoms with van der Waals surface area (Å²) in [5, 5.41) is 11.3. The Labute approximate surface area is 176 Å². The maximum atomic E-state index is 12.8. The van der Waals surface area contributed by atoms with Gasteiger partial charge in [-0.3, -0.25) is 9.36 Å². The fraction of sp³-hybridized carbons (Fsp3) is 0.364. The van der Waals surface area contributed by atoms with Crippen LogP contribution in [0.2, 0.25) is 0 Å². The fourth-order valence-electron chi connectivity index (χ4n) is 3.09. The first-order chi connectivity index (χ1) is 14.5. The van der Waals surface area contributed by atoms with Gasteiger partial charge in [-0.1, -0.05) is 19.9 Å². The van der Waals surface area contributed by atoms with Crippen LogP contribution in [0.15, 0.2) is 49.1 Å². The summed E-state index contributed by atoms with van der Waals surface area (Å²) in [4.78, 5) is 16.8. The lowest BCUT2D eigenvalue weighted by Crippen LogP contribution is -2.32. The van der Waals surface area contributed by atoms with Gasteiger partial charge in [-0.15, -0.1) is 10.2 Å². The van der Waals surface area contributed by atoms with Crippen molar-refractivity contribution < 1.29 is 14.3 Å². The first kappa shape index (κ1) is 21.3. The Morgan fingerprint density at radius 2 is 1.83 bits per heavy atom. The summed E-state index contributed by atoms with van der Waals surface area (Å²) in [6, 6.07) is 8.92. The number of ether oxygens (including phenoxy) is 2. The number of hydrogen-bond acceptors (Lipinski definition) is 6. The first-order valence-corrected chi connectivity index (χ1v) is 10.1. The first-order valence-electron chi connectivity index (χ1n) is 10.1. The molecule has 3 aromatic rings. The third kappa shape index (κ3) is 4.94. The van der Waals surface area contributed by atoms with E-state index in [4.69, 9.17) is 9.47 Å². The Morgan fingerprint density at radius 3 is 2.43 bits per heavy atom. The highest BCUT2D eigenvalue weighted by molar-refractivity contribution is 5.92. The normalized spacial score (nSPS) is 11.9. The van der Waals surface area contributed by atoms with Crippen LogP contribution in [0.5, 0.6) is 11.5 Å². The average Bonchev–Trinajstić information content (AvgIpc) is 3.28. The quantitative estimate of drug-likeness (QED) is 0.581. The number of carbonyl (C=O) groups excluding carboxylic acids is 1. The number of amides is 1. The van der Waals surface area contributed by atoms with Gasteiger partial charge in [0.2, 0.25) is 0 Å². The van der Waals surface area contributed by atoms with Gasteiger partial charge < -0.3 is 14.8 Å². The van der Waals surface area contributed by atoms with E-state index < -0.39 is 0 Å². The molecule has 8 nitrogen and oxygen atoms in total. The average molecular weight is 409 g/mol. The lowest BCUT2D eigenvalue weighted by molar-refractivity contribution is 0.0919. The van der Waals surface area contributed by atoms with Gasteiger partial charge >= 0.3 is 0 Å². The second-order valence-corrected chi connectivity index (χ2v) is 7.01. The van der Waals surface area contributed by atoms with Crippen LogP contribution in [0, 0.1) is 5.92 Å². The van der Waals surface area contributed by atoms with Gasteiger partial charge in [-0.2, -0.15) is 0 Å². The second-order valence-electron chi connectivity index (χ2n) is 7.01. The smallest absolute Gasteiger partial charge is 0.272 e. The van der Waals surface area contributed by atoms with Gasteiger partial charge in [-0.25, -0.2) is 4.98 Å².